The van der Waals surface area contributed by atoms with Gasteiger partial charge in [-0.2, -0.15) is 0 Å². The highest BCUT2D eigenvalue weighted by atomic mass is 14.7. The Kier molecular flexibility index (Phi) is 2.47. The van der Waals surface area contributed by atoms with E-state index in [1.54, 1.807) is 18.3 Å². The molecular formula is C8H9N3. The lowest BCUT2D eigenvalue weighted by atomic mass is 10.3. The van der Waals surface area contributed by atoms with Crippen LogP contribution in [-0.4, -0.2) is 11.5 Å². The first-order valence-electron chi connectivity index (χ1n) is 3.23. The van der Waals surface area contributed by atoms with Gasteiger partial charge in [0.2, 0.25) is 0 Å². The van der Waals surface area contributed by atoms with Crippen LogP contribution in [0.1, 0.15) is 5.69 Å². The van der Waals surface area contributed by atoms with Gasteiger partial charge in [-0.15, -0.1) is 0 Å². The predicted octanol–water partition coefficient (Wildman–Crippen LogP) is -0.0260. The number of nitrogens with two attached hydrogens (primary N) is 2. The van der Waals surface area contributed by atoms with Crippen molar-refractivity contribution in [3.05, 3.63) is 24.0 Å². The van der Waals surface area contributed by atoms with Gasteiger partial charge in [0, 0.05) is 0 Å². The summed E-state index contributed by atoms with van der Waals surface area (Å²) in [6, 6.07) is 3.52. The van der Waals surface area contributed by atoms with Crippen LogP contribution in [0.5, 0.6) is 0 Å². The predicted molar refractivity (Wildman–Crippen MR) is 44.6 cm³/mol. The molecule has 0 aliphatic heterocycles. The molecule has 0 saturated heterocycles. The Morgan fingerprint density at radius 3 is 2.82 bits per heavy atom. The minimum absolute atomic E-state index is 0.353. The lowest BCUT2D eigenvalue weighted by Crippen LogP contribution is -1.93. The highest BCUT2D eigenvalue weighted by Gasteiger charge is 1.85. The Morgan fingerprint density at radius 2 is 2.27 bits per heavy atom. The van der Waals surface area contributed by atoms with Gasteiger partial charge >= 0.3 is 0 Å². The summed E-state index contributed by atoms with van der Waals surface area (Å²) in [5, 5.41) is 0. The first-order chi connectivity index (χ1) is 5.33. The van der Waals surface area contributed by atoms with Crippen molar-refractivity contribution in [2.75, 3.05) is 12.3 Å². The average Bonchev–Trinajstić information content (AvgIpc) is 2.04. The number of hydrogen-bond acceptors (Lipinski definition) is 3. The van der Waals surface area contributed by atoms with E-state index < -0.39 is 0 Å². The van der Waals surface area contributed by atoms with Crippen LogP contribution in [-0.2, 0) is 0 Å². The first-order valence-corrected chi connectivity index (χ1v) is 3.23. The normalized spacial score (nSPS) is 8.45. The van der Waals surface area contributed by atoms with Gasteiger partial charge < -0.3 is 11.5 Å². The molecule has 0 aromatic carbocycles. The molecule has 0 amide bonds. The molecule has 0 unspecified atom stereocenters. The van der Waals surface area contributed by atoms with Gasteiger partial charge in [-0.1, -0.05) is 5.92 Å². The molecule has 3 nitrogen and oxygen atoms in total. The molecule has 0 fully saturated rings. The van der Waals surface area contributed by atoms with E-state index in [1.165, 1.54) is 0 Å². The number of nitrogen functional groups attached to an aromatic ring is 1. The van der Waals surface area contributed by atoms with Crippen LogP contribution >= 0.6 is 0 Å². The maximum absolute atomic E-state index is 5.42. The summed E-state index contributed by atoms with van der Waals surface area (Å²) < 4.78 is 0. The van der Waals surface area contributed by atoms with E-state index in [4.69, 9.17) is 11.5 Å². The average molecular weight is 147 g/mol. The fourth-order valence-corrected chi connectivity index (χ4v) is 0.621. The van der Waals surface area contributed by atoms with Gasteiger partial charge in [0.15, 0.2) is 0 Å². The van der Waals surface area contributed by atoms with Crippen molar-refractivity contribution >= 4 is 5.69 Å². The van der Waals surface area contributed by atoms with Gasteiger partial charge in [0.05, 0.1) is 18.4 Å². The minimum Gasteiger partial charge on any atom is -0.397 e. The highest BCUT2D eigenvalue weighted by Crippen LogP contribution is 1.98. The van der Waals surface area contributed by atoms with E-state index in [0.29, 0.717) is 17.9 Å². The molecule has 1 aromatic heterocycles. The molecule has 3 heteroatoms. The van der Waals surface area contributed by atoms with Gasteiger partial charge in [-0.05, 0) is 18.1 Å². The summed E-state index contributed by atoms with van der Waals surface area (Å²) in [5.74, 6) is 5.49. The number of pyridine rings is 1. The van der Waals surface area contributed by atoms with Crippen LogP contribution in [0, 0.1) is 11.8 Å². The van der Waals surface area contributed by atoms with Crippen LogP contribution in [0.4, 0.5) is 5.69 Å². The molecule has 11 heavy (non-hydrogen) atoms. The number of nitrogens with zero attached hydrogens (tertiary/aromatic N) is 1. The first kappa shape index (κ1) is 7.58. The SMILES string of the molecule is NCC#Cc1ccc(N)cn1. The van der Waals surface area contributed by atoms with Crippen LogP contribution in [0.25, 0.3) is 0 Å². The molecule has 0 radical (unpaired) electrons. The van der Waals surface area contributed by atoms with E-state index in [9.17, 15) is 0 Å². The Hall–Kier alpha value is -1.53. The monoisotopic (exact) mass is 147 g/mol. The maximum atomic E-state index is 5.42. The second-order valence-electron chi connectivity index (χ2n) is 1.98. The van der Waals surface area contributed by atoms with E-state index in [0.717, 1.165) is 0 Å². The molecule has 56 valence electrons. The van der Waals surface area contributed by atoms with E-state index in [2.05, 4.69) is 16.8 Å². The summed E-state index contributed by atoms with van der Waals surface area (Å²) in [6.45, 7) is 0.353. The second kappa shape index (κ2) is 3.59. The van der Waals surface area contributed by atoms with Crippen molar-refractivity contribution in [2.24, 2.45) is 5.73 Å². The van der Waals surface area contributed by atoms with Gasteiger partial charge in [-0.25, -0.2) is 4.98 Å². The molecule has 4 N–H and O–H groups in total. The molecule has 1 aromatic rings. The number of anilines is 1. The van der Waals surface area contributed by atoms with Crippen LogP contribution in [0.15, 0.2) is 18.3 Å². The molecule has 0 aliphatic rings. The fourth-order valence-electron chi connectivity index (χ4n) is 0.621. The van der Waals surface area contributed by atoms with E-state index >= 15 is 0 Å². The standard InChI is InChI=1S/C8H9N3/c9-5-1-2-8-4-3-7(10)6-11-8/h3-4,6H,5,9-10H2. The Morgan fingerprint density at radius 1 is 1.45 bits per heavy atom. The third-order valence-electron chi connectivity index (χ3n) is 1.10. The molecule has 1 heterocycles. The van der Waals surface area contributed by atoms with Crippen molar-refractivity contribution in [2.45, 2.75) is 0 Å². The smallest absolute Gasteiger partial charge is 0.113 e. The quantitative estimate of drug-likeness (QED) is 0.506. The molecule has 0 spiro atoms. The number of hydrogen-bond donors (Lipinski definition) is 2. The molecular weight excluding hydrogens is 138 g/mol. The molecule has 1 rings (SSSR count). The number of aromatic nitrogens is 1. The Balaban J connectivity index is 2.82. The maximum Gasteiger partial charge on any atom is 0.113 e. The Labute approximate surface area is 65.4 Å². The third kappa shape index (κ3) is 2.28. The second-order valence-corrected chi connectivity index (χ2v) is 1.98. The highest BCUT2D eigenvalue weighted by molar-refractivity contribution is 5.38. The summed E-state index contributed by atoms with van der Waals surface area (Å²) in [4.78, 5) is 3.96. The topological polar surface area (TPSA) is 64.9 Å². The van der Waals surface area contributed by atoms with Crippen LogP contribution in [0.2, 0.25) is 0 Å². The molecule has 0 atom stereocenters. The van der Waals surface area contributed by atoms with E-state index in [1.807, 2.05) is 0 Å². The van der Waals surface area contributed by atoms with Crippen molar-refractivity contribution in [3.8, 4) is 11.8 Å². The van der Waals surface area contributed by atoms with Crippen molar-refractivity contribution in [1.29, 1.82) is 0 Å². The summed E-state index contributed by atoms with van der Waals surface area (Å²) in [7, 11) is 0. The van der Waals surface area contributed by atoms with Crippen molar-refractivity contribution < 1.29 is 0 Å². The van der Waals surface area contributed by atoms with Crippen LogP contribution < -0.4 is 11.5 Å². The lowest BCUT2D eigenvalue weighted by molar-refractivity contribution is 1.27. The number of rotatable bonds is 0. The zero-order chi connectivity index (χ0) is 8.10. The zero-order valence-electron chi connectivity index (χ0n) is 6.04. The lowest BCUT2D eigenvalue weighted by Gasteiger charge is -1.90. The molecule has 0 saturated carbocycles. The third-order valence-corrected chi connectivity index (χ3v) is 1.10. The van der Waals surface area contributed by atoms with E-state index in [-0.39, 0.29) is 0 Å². The van der Waals surface area contributed by atoms with Gasteiger partial charge in [-0.3, -0.25) is 0 Å². The Bertz CT molecular complexity index is 278. The largest absolute Gasteiger partial charge is 0.397 e. The summed E-state index contributed by atoms with van der Waals surface area (Å²) in [6.07, 6.45) is 1.57. The van der Waals surface area contributed by atoms with Crippen LogP contribution in [0.3, 0.4) is 0 Å². The van der Waals surface area contributed by atoms with Crippen molar-refractivity contribution in [1.82, 2.24) is 4.98 Å². The summed E-state index contributed by atoms with van der Waals surface area (Å²) in [5.41, 5.74) is 11.9. The molecule has 0 bridgehead atoms. The van der Waals surface area contributed by atoms with Gasteiger partial charge in [0.1, 0.15) is 5.69 Å². The summed E-state index contributed by atoms with van der Waals surface area (Å²) >= 11 is 0. The minimum atomic E-state index is 0.353. The van der Waals surface area contributed by atoms with Crippen molar-refractivity contribution in [3.63, 3.8) is 0 Å². The van der Waals surface area contributed by atoms with Gasteiger partial charge in [0.25, 0.3) is 0 Å². The zero-order valence-corrected chi connectivity index (χ0v) is 6.04. The fraction of sp³-hybridized carbons (Fsp3) is 0.125. The molecule has 0 aliphatic carbocycles.